The van der Waals surface area contributed by atoms with Gasteiger partial charge in [0.25, 0.3) is 0 Å². The molecule has 1 atom stereocenters. The summed E-state index contributed by atoms with van der Waals surface area (Å²) in [5.41, 5.74) is 1.29. The van der Waals surface area contributed by atoms with Gasteiger partial charge in [-0.3, -0.25) is 0 Å². The third-order valence-corrected chi connectivity index (χ3v) is 4.30. The van der Waals surface area contributed by atoms with Gasteiger partial charge in [0.05, 0.1) is 10.4 Å². The third kappa shape index (κ3) is 1.98. The first-order valence-electron chi connectivity index (χ1n) is 4.63. The first-order valence-corrected chi connectivity index (χ1v) is 6.30. The smallest absolute Gasteiger partial charge is 0.124 e. The van der Waals surface area contributed by atoms with Crippen molar-refractivity contribution in [3.05, 3.63) is 44.8 Å². The van der Waals surface area contributed by atoms with Gasteiger partial charge in [0.15, 0.2) is 0 Å². The Hall–Kier alpha value is -0.910. The van der Waals surface area contributed by atoms with Gasteiger partial charge in [-0.2, -0.15) is 0 Å². The summed E-state index contributed by atoms with van der Waals surface area (Å²) in [7, 11) is 0. The molecule has 0 aliphatic rings. The Balaban J connectivity index is 2.46. The summed E-state index contributed by atoms with van der Waals surface area (Å²) in [5, 5.41) is 19.7. The van der Waals surface area contributed by atoms with E-state index in [2.05, 4.69) is 20.9 Å². The number of nitrogens with zero attached hydrogens (tertiary/aromatic N) is 1. The molecule has 2 aromatic rings. The van der Waals surface area contributed by atoms with Gasteiger partial charge < -0.3 is 10.2 Å². The normalized spacial score (nSPS) is 14.7. The Morgan fingerprint density at radius 3 is 2.44 bits per heavy atom. The first kappa shape index (κ1) is 11.6. The molecule has 16 heavy (non-hydrogen) atoms. The van der Waals surface area contributed by atoms with Crippen molar-refractivity contribution in [2.24, 2.45) is 0 Å². The van der Waals surface area contributed by atoms with E-state index in [-0.39, 0.29) is 5.75 Å². The molecule has 1 aromatic heterocycles. The number of phenols is 1. The van der Waals surface area contributed by atoms with E-state index < -0.39 is 5.60 Å². The van der Waals surface area contributed by atoms with Crippen molar-refractivity contribution in [3.8, 4) is 5.75 Å². The standard InChI is InChI=1S/C11H10BrNO2S/c1-11(15,9-10(12)13-6-16-9)7-2-4-8(14)5-3-7/h2-6,14-15H,1H3. The molecule has 3 nitrogen and oxygen atoms in total. The van der Waals surface area contributed by atoms with Gasteiger partial charge in [0.1, 0.15) is 16.0 Å². The van der Waals surface area contributed by atoms with Crippen LogP contribution in [0.25, 0.3) is 0 Å². The molecule has 1 aromatic carbocycles. The van der Waals surface area contributed by atoms with Crippen LogP contribution in [-0.2, 0) is 5.60 Å². The van der Waals surface area contributed by atoms with Crippen LogP contribution in [0.15, 0.2) is 34.4 Å². The summed E-state index contributed by atoms with van der Waals surface area (Å²) in [6, 6.07) is 6.50. The van der Waals surface area contributed by atoms with Gasteiger partial charge in [0.2, 0.25) is 0 Å². The number of phenolic OH excluding ortho intramolecular Hbond substituents is 1. The van der Waals surface area contributed by atoms with E-state index in [4.69, 9.17) is 0 Å². The first-order chi connectivity index (χ1) is 7.51. The molecule has 0 saturated heterocycles. The summed E-state index contributed by atoms with van der Waals surface area (Å²) < 4.78 is 0.649. The van der Waals surface area contributed by atoms with E-state index in [0.717, 1.165) is 10.4 Å². The van der Waals surface area contributed by atoms with Crippen molar-refractivity contribution < 1.29 is 10.2 Å². The summed E-state index contributed by atoms with van der Waals surface area (Å²) in [4.78, 5) is 4.80. The second-order valence-electron chi connectivity index (χ2n) is 3.59. The lowest BCUT2D eigenvalue weighted by Crippen LogP contribution is -2.21. The fraction of sp³-hybridized carbons (Fsp3) is 0.182. The average Bonchev–Trinajstić information content (AvgIpc) is 2.66. The van der Waals surface area contributed by atoms with Crippen LogP contribution >= 0.6 is 27.3 Å². The number of aliphatic hydroxyl groups is 1. The Kier molecular flexibility index (Phi) is 3.01. The maximum atomic E-state index is 10.5. The molecule has 0 saturated carbocycles. The number of hydrogen-bond acceptors (Lipinski definition) is 4. The molecule has 1 unspecified atom stereocenters. The Morgan fingerprint density at radius 2 is 1.94 bits per heavy atom. The summed E-state index contributed by atoms with van der Waals surface area (Å²) in [5.74, 6) is 0.183. The summed E-state index contributed by atoms with van der Waals surface area (Å²) in [6.45, 7) is 1.71. The zero-order valence-electron chi connectivity index (χ0n) is 8.51. The van der Waals surface area contributed by atoms with Crippen LogP contribution in [0.2, 0.25) is 0 Å². The van der Waals surface area contributed by atoms with Gasteiger partial charge in [-0.05, 0) is 40.5 Å². The average molecular weight is 300 g/mol. The molecule has 0 aliphatic heterocycles. The van der Waals surface area contributed by atoms with Crippen LogP contribution < -0.4 is 0 Å². The molecule has 1 heterocycles. The van der Waals surface area contributed by atoms with Crippen LogP contribution in [-0.4, -0.2) is 15.2 Å². The van der Waals surface area contributed by atoms with E-state index in [0.29, 0.717) is 4.60 Å². The number of benzene rings is 1. The molecule has 0 radical (unpaired) electrons. The number of hydrogen-bond donors (Lipinski definition) is 2. The van der Waals surface area contributed by atoms with Crippen molar-refractivity contribution in [1.29, 1.82) is 0 Å². The number of aromatic nitrogens is 1. The van der Waals surface area contributed by atoms with Gasteiger partial charge in [-0.25, -0.2) is 4.98 Å². The molecule has 84 valence electrons. The number of aromatic hydroxyl groups is 1. The monoisotopic (exact) mass is 299 g/mol. The molecular formula is C11H10BrNO2S. The van der Waals surface area contributed by atoms with E-state index in [1.807, 2.05) is 0 Å². The minimum Gasteiger partial charge on any atom is -0.508 e. The fourth-order valence-electron chi connectivity index (χ4n) is 1.47. The Morgan fingerprint density at radius 1 is 1.31 bits per heavy atom. The van der Waals surface area contributed by atoms with Crippen molar-refractivity contribution in [2.75, 3.05) is 0 Å². The fourth-order valence-corrected chi connectivity index (χ4v) is 3.13. The van der Waals surface area contributed by atoms with Crippen LogP contribution in [0.3, 0.4) is 0 Å². The van der Waals surface area contributed by atoms with Gasteiger partial charge in [-0.15, -0.1) is 11.3 Å². The largest absolute Gasteiger partial charge is 0.508 e. The maximum absolute atomic E-state index is 10.5. The lowest BCUT2D eigenvalue weighted by Gasteiger charge is -2.22. The second kappa shape index (κ2) is 4.16. The quantitative estimate of drug-likeness (QED) is 0.896. The molecule has 5 heteroatoms. The van der Waals surface area contributed by atoms with Gasteiger partial charge in [0, 0.05) is 0 Å². The van der Waals surface area contributed by atoms with E-state index in [1.54, 1.807) is 36.7 Å². The highest BCUT2D eigenvalue weighted by molar-refractivity contribution is 9.10. The van der Waals surface area contributed by atoms with Crippen molar-refractivity contribution in [3.63, 3.8) is 0 Å². The number of thiazole rings is 1. The molecule has 0 amide bonds. The predicted octanol–water partition coefficient (Wildman–Crippen LogP) is 2.87. The molecule has 0 bridgehead atoms. The summed E-state index contributed by atoms with van der Waals surface area (Å²) in [6.07, 6.45) is 0. The SMILES string of the molecule is CC(O)(c1ccc(O)cc1)c1scnc1Br. The molecule has 2 rings (SSSR count). The van der Waals surface area contributed by atoms with Crippen LogP contribution in [0.4, 0.5) is 0 Å². The maximum Gasteiger partial charge on any atom is 0.124 e. The van der Waals surface area contributed by atoms with Crippen LogP contribution in [0.1, 0.15) is 17.4 Å². The Bertz CT molecular complexity index is 493. The van der Waals surface area contributed by atoms with Crippen LogP contribution in [0.5, 0.6) is 5.75 Å². The van der Waals surface area contributed by atoms with Gasteiger partial charge >= 0.3 is 0 Å². The second-order valence-corrected chi connectivity index (χ2v) is 5.20. The van der Waals surface area contributed by atoms with E-state index in [9.17, 15) is 10.2 Å². The molecular weight excluding hydrogens is 290 g/mol. The molecule has 0 spiro atoms. The third-order valence-electron chi connectivity index (χ3n) is 2.40. The highest BCUT2D eigenvalue weighted by Gasteiger charge is 2.29. The van der Waals surface area contributed by atoms with Crippen LogP contribution in [0, 0.1) is 0 Å². The summed E-state index contributed by atoms with van der Waals surface area (Å²) >= 11 is 4.69. The molecule has 0 aliphatic carbocycles. The number of rotatable bonds is 2. The zero-order chi connectivity index (χ0) is 11.8. The zero-order valence-corrected chi connectivity index (χ0v) is 10.9. The Labute approximate surface area is 106 Å². The topological polar surface area (TPSA) is 53.4 Å². The van der Waals surface area contributed by atoms with E-state index in [1.165, 1.54) is 11.3 Å². The lowest BCUT2D eigenvalue weighted by atomic mass is 9.95. The van der Waals surface area contributed by atoms with Gasteiger partial charge in [-0.1, -0.05) is 12.1 Å². The van der Waals surface area contributed by atoms with E-state index >= 15 is 0 Å². The number of halogens is 1. The predicted molar refractivity (Wildman–Crippen MR) is 66.6 cm³/mol. The highest BCUT2D eigenvalue weighted by Crippen LogP contribution is 2.36. The van der Waals surface area contributed by atoms with Crippen molar-refractivity contribution in [2.45, 2.75) is 12.5 Å². The minimum absolute atomic E-state index is 0.183. The highest BCUT2D eigenvalue weighted by atomic mass is 79.9. The van der Waals surface area contributed by atoms with Crippen molar-refractivity contribution >= 4 is 27.3 Å². The minimum atomic E-state index is -1.10. The lowest BCUT2D eigenvalue weighted by molar-refractivity contribution is 0.105. The molecule has 2 N–H and O–H groups in total. The molecule has 0 fully saturated rings. The van der Waals surface area contributed by atoms with Crippen molar-refractivity contribution in [1.82, 2.24) is 4.98 Å².